The summed E-state index contributed by atoms with van der Waals surface area (Å²) < 4.78 is 11.0. The summed E-state index contributed by atoms with van der Waals surface area (Å²) in [6, 6.07) is 9.88. The zero-order valence-electron chi connectivity index (χ0n) is 18.0. The predicted octanol–water partition coefficient (Wildman–Crippen LogP) is 1.70. The number of carbonyl (C=O) groups is 1. The van der Waals surface area contributed by atoms with Crippen molar-refractivity contribution in [3.8, 4) is 5.75 Å². The number of carbonyl (C=O) groups excluding carboxylic acids is 1. The first kappa shape index (κ1) is 20.1. The van der Waals surface area contributed by atoms with E-state index in [1.165, 1.54) is 0 Å². The highest BCUT2D eigenvalue weighted by atomic mass is 16.5. The van der Waals surface area contributed by atoms with Crippen LogP contribution in [-0.4, -0.2) is 80.4 Å². The molecular weight excluding hydrogens is 394 g/mol. The van der Waals surface area contributed by atoms with E-state index in [1.54, 1.807) is 7.11 Å². The number of anilines is 2. The van der Waals surface area contributed by atoms with E-state index in [9.17, 15) is 4.79 Å². The van der Waals surface area contributed by atoms with Gasteiger partial charge in [0.2, 0.25) is 11.9 Å². The zero-order chi connectivity index (χ0) is 21.3. The van der Waals surface area contributed by atoms with Crippen LogP contribution in [0.2, 0.25) is 0 Å². The lowest BCUT2D eigenvalue weighted by atomic mass is 9.93. The van der Waals surface area contributed by atoms with Crippen molar-refractivity contribution >= 4 is 17.7 Å². The van der Waals surface area contributed by atoms with Gasteiger partial charge in [0.25, 0.3) is 0 Å². The molecule has 0 spiro atoms. The van der Waals surface area contributed by atoms with Crippen LogP contribution in [0, 0.1) is 0 Å². The van der Waals surface area contributed by atoms with Crippen LogP contribution in [0.25, 0.3) is 0 Å². The molecule has 8 nitrogen and oxygen atoms in total. The van der Waals surface area contributed by atoms with Crippen molar-refractivity contribution in [1.29, 1.82) is 0 Å². The summed E-state index contributed by atoms with van der Waals surface area (Å²) >= 11 is 0. The van der Waals surface area contributed by atoms with Crippen LogP contribution in [0.3, 0.4) is 0 Å². The van der Waals surface area contributed by atoms with E-state index in [1.807, 2.05) is 41.4 Å². The Morgan fingerprint density at radius 1 is 1.00 bits per heavy atom. The molecule has 3 heterocycles. The summed E-state index contributed by atoms with van der Waals surface area (Å²) in [5.74, 6) is 2.72. The molecule has 2 saturated heterocycles. The number of morpholine rings is 1. The summed E-state index contributed by atoms with van der Waals surface area (Å²) in [4.78, 5) is 29.1. The summed E-state index contributed by atoms with van der Waals surface area (Å²) in [5.41, 5.74) is 0.614. The Morgan fingerprint density at radius 2 is 1.74 bits per heavy atom. The molecular formula is C23H29N5O3. The Labute approximate surface area is 182 Å². The fourth-order valence-electron chi connectivity index (χ4n) is 4.64. The van der Waals surface area contributed by atoms with Crippen LogP contribution in [0.5, 0.6) is 5.75 Å². The topological polar surface area (TPSA) is 71.0 Å². The van der Waals surface area contributed by atoms with E-state index in [-0.39, 0.29) is 5.91 Å². The van der Waals surface area contributed by atoms with E-state index in [2.05, 4.69) is 14.8 Å². The fraction of sp³-hybridized carbons (Fsp3) is 0.522. The number of benzene rings is 1. The normalized spacial score (nSPS) is 20.5. The summed E-state index contributed by atoms with van der Waals surface area (Å²) in [6.07, 6.45) is 3.61. The second kappa shape index (κ2) is 8.34. The standard InChI is InChI=1S/C23H29N5O3/c1-30-19-5-3-2-4-18(19)23(7-8-23)21(29)27-12-10-26(11-13-27)20-6-9-24-22(25-20)28-14-16-31-17-15-28/h2-6,9H,7-8,10-17H2,1H3. The SMILES string of the molecule is COc1ccccc1C1(C(=O)N2CCN(c3ccnc(N4CCOCC4)n3)CC2)CC1. The van der Waals surface area contributed by atoms with Crippen LogP contribution in [0.4, 0.5) is 11.8 Å². The predicted molar refractivity (Wildman–Crippen MR) is 118 cm³/mol. The third-order valence-electron chi connectivity index (χ3n) is 6.59. The number of amides is 1. The first-order valence-corrected chi connectivity index (χ1v) is 11.0. The van der Waals surface area contributed by atoms with Crippen LogP contribution in [-0.2, 0) is 14.9 Å². The van der Waals surface area contributed by atoms with Crippen molar-refractivity contribution in [2.45, 2.75) is 18.3 Å². The van der Waals surface area contributed by atoms with Gasteiger partial charge in [0.05, 0.1) is 25.7 Å². The molecule has 0 atom stereocenters. The molecule has 1 aromatic heterocycles. The molecule has 1 amide bonds. The third-order valence-corrected chi connectivity index (χ3v) is 6.59. The summed E-state index contributed by atoms with van der Waals surface area (Å²) in [5, 5.41) is 0. The van der Waals surface area contributed by atoms with Gasteiger partial charge in [-0.15, -0.1) is 0 Å². The van der Waals surface area contributed by atoms with Crippen LogP contribution >= 0.6 is 0 Å². The molecule has 0 unspecified atom stereocenters. The van der Waals surface area contributed by atoms with Gasteiger partial charge in [-0.3, -0.25) is 4.79 Å². The number of nitrogens with zero attached hydrogens (tertiary/aromatic N) is 5. The molecule has 3 fully saturated rings. The lowest BCUT2D eigenvalue weighted by molar-refractivity contribution is -0.134. The van der Waals surface area contributed by atoms with Crippen LogP contribution in [0.15, 0.2) is 36.5 Å². The lowest BCUT2D eigenvalue weighted by Crippen LogP contribution is -2.52. The highest BCUT2D eigenvalue weighted by Gasteiger charge is 2.54. The minimum absolute atomic E-state index is 0.230. The number of para-hydroxylation sites is 1. The maximum atomic E-state index is 13.5. The average molecular weight is 424 g/mol. The van der Waals surface area contributed by atoms with Gasteiger partial charge in [-0.2, -0.15) is 4.98 Å². The zero-order valence-corrected chi connectivity index (χ0v) is 18.0. The molecule has 0 radical (unpaired) electrons. The Hall–Kier alpha value is -2.87. The van der Waals surface area contributed by atoms with E-state index in [0.717, 1.165) is 62.1 Å². The van der Waals surface area contributed by atoms with Crippen LogP contribution in [0.1, 0.15) is 18.4 Å². The van der Waals surface area contributed by atoms with Gasteiger partial charge in [-0.05, 0) is 25.0 Å². The molecule has 164 valence electrons. The molecule has 3 aliphatic rings. The van der Waals surface area contributed by atoms with Gasteiger partial charge < -0.3 is 24.2 Å². The van der Waals surface area contributed by atoms with Crippen molar-refractivity contribution in [3.05, 3.63) is 42.1 Å². The molecule has 2 aromatic rings. The Balaban J connectivity index is 1.25. The smallest absolute Gasteiger partial charge is 0.233 e. The lowest BCUT2D eigenvalue weighted by Gasteiger charge is -2.37. The second-order valence-corrected chi connectivity index (χ2v) is 8.38. The molecule has 0 bridgehead atoms. The Bertz CT molecular complexity index is 934. The largest absolute Gasteiger partial charge is 0.496 e. The summed E-state index contributed by atoms with van der Waals surface area (Å²) in [7, 11) is 1.67. The van der Waals surface area contributed by atoms with Gasteiger partial charge in [0.1, 0.15) is 11.6 Å². The quantitative estimate of drug-likeness (QED) is 0.725. The van der Waals surface area contributed by atoms with E-state index < -0.39 is 5.41 Å². The number of piperazine rings is 1. The van der Waals surface area contributed by atoms with E-state index >= 15 is 0 Å². The molecule has 1 saturated carbocycles. The van der Waals surface area contributed by atoms with E-state index in [4.69, 9.17) is 14.5 Å². The molecule has 1 aliphatic carbocycles. The average Bonchev–Trinajstić information content (AvgIpc) is 3.66. The van der Waals surface area contributed by atoms with Gasteiger partial charge in [0.15, 0.2) is 0 Å². The molecule has 2 aliphatic heterocycles. The van der Waals surface area contributed by atoms with Crippen molar-refractivity contribution in [2.75, 3.05) is 69.4 Å². The number of hydrogen-bond acceptors (Lipinski definition) is 7. The Morgan fingerprint density at radius 3 is 2.45 bits per heavy atom. The maximum Gasteiger partial charge on any atom is 0.233 e. The second-order valence-electron chi connectivity index (χ2n) is 8.38. The number of rotatable bonds is 5. The molecule has 8 heteroatoms. The Kier molecular flexibility index (Phi) is 5.40. The molecule has 0 N–H and O–H groups in total. The third kappa shape index (κ3) is 3.80. The monoisotopic (exact) mass is 423 g/mol. The van der Waals surface area contributed by atoms with Gasteiger partial charge in [-0.1, -0.05) is 18.2 Å². The molecule has 31 heavy (non-hydrogen) atoms. The fourth-order valence-corrected chi connectivity index (χ4v) is 4.64. The molecule has 1 aromatic carbocycles. The minimum Gasteiger partial charge on any atom is -0.496 e. The van der Waals surface area contributed by atoms with Gasteiger partial charge >= 0.3 is 0 Å². The van der Waals surface area contributed by atoms with E-state index in [0.29, 0.717) is 26.3 Å². The number of ether oxygens (including phenoxy) is 2. The highest BCUT2D eigenvalue weighted by Crippen LogP contribution is 2.52. The minimum atomic E-state index is -0.410. The van der Waals surface area contributed by atoms with Gasteiger partial charge in [-0.25, -0.2) is 4.98 Å². The summed E-state index contributed by atoms with van der Waals surface area (Å²) in [6.45, 7) is 6.00. The van der Waals surface area contributed by atoms with Crippen molar-refractivity contribution in [1.82, 2.24) is 14.9 Å². The first-order chi connectivity index (χ1) is 15.2. The number of hydrogen-bond donors (Lipinski definition) is 0. The van der Waals surface area contributed by atoms with Crippen molar-refractivity contribution in [3.63, 3.8) is 0 Å². The van der Waals surface area contributed by atoms with Crippen molar-refractivity contribution in [2.24, 2.45) is 0 Å². The maximum absolute atomic E-state index is 13.5. The van der Waals surface area contributed by atoms with Crippen molar-refractivity contribution < 1.29 is 14.3 Å². The number of aromatic nitrogens is 2. The first-order valence-electron chi connectivity index (χ1n) is 11.0. The van der Waals surface area contributed by atoms with Crippen LogP contribution < -0.4 is 14.5 Å². The molecule has 5 rings (SSSR count). The van der Waals surface area contributed by atoms with Gasteiger partial charge in [0, 0.05) is 51.0 Å². The highest BCUT2D eigenvalue weighted by molar-refractivity contribution is 5.92. The number of methoxy groups -OCH3 is 1.